The molecule has 0 radical (unpaired) electrons. The van der Waals surface area contributed by atoms with E-state index in [2.05, 4.69) is 24.8 Å². The van der Waals surface area contributed by atoms with Gasteiger partial charge < -0.3 is 10.2 Å². The van der Waals surface area contributed by atoms with Crippen LogP contribution in [0.25, 0.3) is 0 Å². The Labute approximate surface area is 121 Å². The molecule has 1 heterocycles. The van der Waals surface area contributed by atoms with E-state index in [-0.39, 0.29) is 11.5 Å². The number of hydrogen-bond acceptors (Lipinski definition) is 3. The number of aliphatic hydroxyl groups excluding tert-OH is 1. The average molecular weight is 275 g/mol. The van der Waals surface area contributed by atoms with Gasteiger partial charge in [-0.3, -0.25) is 4.90 Å². The zero-order valence-electron chi connectivity index (χ0n) is 12.6. The molecule has 1 saturated heterocycles. The van der Waals surface area contributed by atoms with E-state index in [1.54, 1.807) is 6.07 Å². The lowest BCUT2D eigenvalue weighted by atomic mass is 9.59. The normalized spacial score (nSPS) is 34.6. The maximum atomic E-state index is 9.81. The van der Waals surface area contributed by atoms with Gasteiger partial charge in [0, 0.05) is 12.6 Å². The van der Waals surface area contributed by atoms with Crippen LogP contribution in [-0.4, -0.2) is 40.3 Å². The van der Waals surface area contributed by atoms with Crippen molar-refractivity contribution in [2.75, 3.05) is 13.1 Å². The van der Waals surface area contributed by atoms with Crippen molar-refractivity contribution in [3.05, 3.63) is 29.3 Å². The first-order chi connectivity index (χ1) is 9.41. The number of phenolic OH excluding ortho intramolecular Hbond substituents is 1. The first-order valence-electron chi connectivity index (χ1n) is 7.66. The van der Waals surface area contributed by atoms with Crippen LogP contribution in [-0.2, 0) is 11.8 Å². The number of aromatic hydroxyl groups is 1. The summed E-state index contributed by atoms with van der Waals surface area (Å²) < 4.78 is 0. The van der Waals surface area contributed by atoms with Crippen LogP contribution in [0.3, 0.4) is 0 Å². The third-order valence-corrected chi connectivity index (χ3v) is 5.61. The first-order valence-corrected chi connectivity index (χ1v) is 7.66. The highest BCUT2D eigenvalue weighted by Gasteiger charge is 2.48. The maximum Gasteiger partial charge on any atom is 0.115 e. The molecule has 0 saturated carbocycles. The lowest BCUT2D eigenvalue weighted by Gasteiger charge is -2.54. The van der Waals surface area contributed by atoms with Gasteiger partial charge in [-0.25, -0.2) is 0 Å². The summed E-state index contributed by atoms with van der Waals surface area (Å²) in [4.78, 5) is 2.45. The molecular weight excluding hydrogens is 250 g/mol. The quantitative estimate of drug-likeness (QED) is 0.870. The van der Waals surface area contributed by atoms with Crippen LogP contribution in [0.5, 0.6) is 5.75 Å². The van der Waals surface area contributed by atoms with Crippen molar-refractivity contribution in [1.82, 2.24) is 4.90 Å². The Morgan fingerprint density at radius 3 is 2.90 bits per heavy atom. The second-order valence-electron chi connectivity index (χ2n) is 6.91. The lowest BCUT2D eigenvalue weighted by Crippen LogP contribution is -2.59. The van der Waals surface area contributed by atoms with Gasteiger partial charge in [-0.1, -0.05) is 19.9 Å². The molecule has 3 rings (SSSR count). The number of β-amino-alcohol motifs (C(OH)–C–C–N with tert-alkyl or cyclic N) is 1. The van der Waals surface area contributed by atoms with Crippen molar-refractivity contribution in [2.45, 2.75) is 51.2 Å². The van der Waals surface area contributed by atoms with E-state index in [9.17, 15) is 10.2 Å². The van der Waals surface area contributed by atoms with Gasteiger partial charge >= 0.3 is 0 Å². The smallest absolute Gasteiger partial charge is 0.115 e. The van der Waals surface area contributed by atoms with Gasteiger partial charge in [-0.15, -0.1) is 0 Å². The largest absolute Gasteiger partial charge is 0.508 e. The first kappa shape index (κ1) is 13.9. The van der Waals surface area contributed by atoms with Crippen LogP contribution in [0.1, 0.15) is 38.3 Å². The van der Waals surface area contributed by atoms with Crippen LogP contribution in [0.15, 0.2) is 18.2 Å². The van der Waals surface area contributed by atoms with E-state index in [1.807, 2.05) is 13.0 Å². The minimum atomic E-state index is -0.271. The van der Waals surface area contributed by atoms with E-state index >= 15 is 0 Å². The average Bonchev–Trinajstić information content (AvgIpc) is 2.38. The van der Waals surface area contributed by atoms with Gasteiger partial charge in [0.1, 0.15) is 5.75 Å². The molecule has 0 amide bonds. The number of phenols is 1. The molecule has 1 aromatic rings. The van der Waals surface area contributed by atoms with Gasteiger partial charge in [0.05, 0.1) is 6.10 Å². The molecule has 2 N–H and O–H groups in total. The molecule has 1 fully saturated rings. The second kappa shape index (κ2) is 4.74. The van der Waals surface area contributed by atoms with E-state index in [1.165, 1.54) is 11.1 Å². The molecule has 0 unspecified atom stereocenters. The van der Waals surface area contributed by atoms with Crippen molar-refractivity contribution in [3.8, 4) is 5.75 Å². The van der Waals surface area contributed by atoms with E-state index in [4.69, 9.17) is 0 Å². The third kappa shape index (κ3) is 2.04. The molecule has 1 aliphatic carbocycles. The summed E-state index contributed by atoms with van der Waals surface area (Å²) in [7, 11) is 0. The summed E-state index contributed by atoms with van der Waals surface area (Å²) in [5, 5.41) is 19.5. The molecule has 0 aromatic heterocycles. The fourth-order valence-electron chi connectivity index (χ4n) is 4.26. The van der Waals surface area contributed by atoms with Crippen LogP contribution in [0, 0.1) is 5.92 Å². The Kier molecular flexibility index (Phi) is 3.30. The van der Waals surface area contributed by atoms with E-state index < -0.39 is 0 Å². The zero-order chi connectivity index (χ0) is 14.5. The van der Waals surface area contributed by atoms with Gasteiger partial charge in [0.2, 0.25) is 0 Å². The molecule has 3 heteroatoms. The van der Waals surface area contributed by atoms with Crippen molar-refractivity contribution < 1.29 is 10.2 Å². The third-order valence-electron chi connectivity index (χ3n) is 5.61. The molecule has 4 atom stereocenters. The molecule has 1 aromatic carbocycles. The van der Waals surface area contributed by atoms with Crippen LogP contribution >= 0.6 is 0 Å². The summed E-state index contributed by atoms with van der Waals surface area (Å²) in [5.74, 6) is 0.923. The Bertz CT molecular complexity index is 514. The molecular formula is C17H25NO2. The highest BCUT2D eigenvalue weighted by atomic mass is 16.3. The summed E-state index contributed by atoms with van der Waals surface area (Å²) >= 11 is 0. The summed E-state index contributed by atoms with van der Waals surface area (Å²) in [6, 6.07) is 6.34. The predicted molar refractivity (Wildman–Crippen MR) is 80.0 cm³/mol. The van der Waals surface area contributed by atoms with Crippen LogP contribution < -0.4 is 0 Å². The van der Waals surface area contributed by atoms with Crippen molar-refractivity contribution in [3.63, 3.8) is 0 Å². The van der Waals surface area contributed by atoms with Crippen molar-refractivity contribution in [2.24, 2.45) is 5.92 Å². The van der Waals surface area contributed by atoms with Crippen LogP contribution in [0.4, 0.5) is 0 Å². The number of rotatable bonds is 2. The van der Waals surface area contributed by atoms with Gasteiger partial charge in [0.25, 0.3) is 0 Å². The van der Waals surface area contributed by atoms with Gasteiger partial charge in [-0.2, -0.15) is 0 Å². The Hall–Kier alpha value is -1.06. The number of aliphatic hydroxyl groups is 1. The fraction of sp³-hybridized carbons (Fsp3) is 0.647. The predicted octanol–water partition coefficient (Wildman–Crippen LogP) is 2.30. The Morgan fingerprint density at radius 1 is 1.45 bits per heavy atom. The Morgan fingerprint density at radius 2 is 2.20 bits per heavy atom. The van der Waals surface area contributed by atoms with Crippen molar-refractivity contribution in [1.29, 1.82) is 0 Å². The monoisotopic (exact) mass is 275 g/mol. The number of nitrogens with zero attached hydrogens (tertiary/aromatic N) is 1. The molecule has 2 bridgehead atoms. The molecule has 2 aliphatic rings. The number of hydrogen-bond donors (Lipinski definition) is 2. The lowest BCUT2D eigenvalue weighted by molar-refractivity contribution is 0.00490. The number of fused-ring (bicyclic) bond motifs is 4. The van der Waals surface area contributed by atoms with Gasteiger partial charge in [0.15, 0.2) is 0 Å². The highest BCUT2D eigenvalue weighted by molar-refractivity contribution is 5.44. The molecule has 0 spiro atoms. The van der Waals surface area contributed by atoms with Gasteiger partial charge in [-0.05, 0) is 60.9 Å². The number of benzene rings is 1. The minimum Gasteiger partial charge on any atom is -0.508 e. The highest BCUT2D eigenvalue weighted by Crippen LogP contribution is 2.49. The van der Waals surface area contributed by atoms with Crippen LogP contribution in [0.2, 0.25) is 0 Å². The number of likely N-dealkylation sites (tertiary alicyclic amines) is 1. The van der Waals surface area contributed by atoms with E-state index in [0.717, 1.165) is 25.9 Å². The topological polar surface area (TPSA) is 43.7 Å². The second-order valence-corrected chi connectivity index (χ2v) is 6.91. The molecule has 20 heavy (non-hydrogen) atoms. The fourth-order valence-corrected chi connectivity index (χ4v) is 4.26. The summed E-state index contributed by atoms with van der Waals surface area (Å²) in [6.45, 7) is 8.32. The SMILES string of the molecule is C[C@H](O)CN1CC[C@@]2(C)c3cc(O)ccc3C[C@@H]1[C@H]2C. The zero-order valence-corrected chi connectivity index (χ0v) is 12.6. The maximum absolute atomic E-state index is 9.81. The summed E-state index contributed by atoms with van der Waals surface area (Å²) in [5.41, 5.74) is 2.84. The molecule has 1 aliphatic heterocycles. The Balaban J connectivity index is 1.99. The molecule has 110 valence electrons. The van der Waals surface area contributed by atoms with E-state index in [0.29, 0.717) is 17.7 Å². The summed E-state index contributed by atoms with van der Waals surface area (Å²) in [6.07, 6.45) is 1.85. The molecule has 3 nitrogen and oxygen atoms in total. The minimum absolute atomic E-state index is 0.145. The number of piperidine rings is 1. The standard InChI is InChI=1S/C17H25NO2/c1-11(19)10-18-7-6-17(3)12(2)16(18)8-13-4-5-14(20)9-15(13)17/h4-5,9,11-12,16,19-20H,6-8,10H2,1-3H3/t11-,12+,16+,17+/m0/s1. The van der Waals surface area contributed by atoms with Crippen molar-refractivity contribution >= 4 is 0 Å².